The van der Waals surface area contributed by atoms with E-state index in [4.69, 9.17) is 5.73 Å². The molecular formula is C10H18N2O3. The third-order valence-corrected chi connectivity index (χ3v) is 2.71. The van der Waals surface area contributed by atoms with Gasteiger partial charge in [-0.1, -0.05) is 0 Å². The average molecular weight is 214 g/mol. The number of rotatable bonds is 4. The van der Waals surface area contributed by atoms with Crippen LogP contribution in [0.3, 0.4) is 0 Å². The summed E-state index contributed by atoms with van der Waals surface area (Å²) in [6.45, 7) is 3.91. The van der Waals surface area contributed by atoms with Crippen LogP contribution in [0.25, 0.3) is 0 Å². The molecule has 1 aliphatic heterocycles. The number of carbonyl (C=O) groups excluding carboxylic acids is 2. The molecule has 1 unspecified atom stereocenters. The van der Waals surface area contributed by atoms with E-state index in [1.165, 1.54) is 0 Å². The molecule has 1 rings (SSSR count). The van der Waals surface area contributed by atoms with E-state index in [9.17, 15) is 14.7 Å². The number of aliphatic hydroxyl groups excluding tert-OH is 1. The highest BCUT2D eigenvalue weighted by atomic mass is 16.3. The fourth-order valence-corrected chi connectivity index (χ4v) is 1.93. The van der Waals surface area contributed by atoms with Crippen LogP contribution in [-0.2, 0) is 9.59 Å². The van der Waals surface area contributed by atoms with Gasteiger partial charge in [-0.15, -0.1) is 0 Å². The van der Waals surface area contributed by atoms with Crippen molar-refractivity contribution in [2.24, 2.45) is 11.7 Å². The standard InChI is InChI=1S/C10H18N2O3/c1-10(2)5-6(9(15)12-10)3-4-7(13)8(11)14/h6-7,13H,3-5H2,1-2H3,(H2,11,14)(H,12,15)/t6-,7?/m1/s1. The van der Waals surface area contributed by atoms with Gasteiger partial charge in [0.1, 0.15) is 6.10 Å². The molecule has 0 aromatic carbocycles. The van der Waals surface area contributed by atoms with Gasteiger partial charge >= 0.3 is 0 Å². The summed E-state index contributed by atoms with van der Waals surface area (Å²) in [6, 6.07) is 0. The molecule has 2 atom stereocenters. The molecule has 4 N–H and O–H groups in total. The predicted octanol–water partition coefficient (Wildman–Crippen LogP) is -0.472. The maximum absolute atomic E-state index is 11.5. The molecule has 1 heterocycles. The van der Waals surface area contributed by atoms with Crippen LogP contribution in [0.4, 0.5) is 0 Å². The Morgan fingerprint density at radius 2 is 2.33 bits per heavy atom. The Labute approximate surface area is 89.0 Å². The molecule has 1 saturated heterocycles. The van der Waals surface area contributed by atoms with Crippen LogP contribution in [-0.4, -0.2) is 28.6 Å². The first-order valence-electron chi connectivity index (χ1n) is 5.11. The number of amides is 2. The maximum Gasteiger partial charge on any atom is 0.246 e. The Morgan fingerprint density at radius 3 is 2.73 bits per heavy atom. The molecule has 1 aliphatic rings. The first-order valence-corrected chi connectivity index (χ1v) is 5.11. The third-order valence-electron chi connectivity index (χ3n) is 2.71. The van der Waals surface area contributed by atoms with Gasteiger partial charge in [0.25, 0.3) is 0 Å². The lowest BCUT2D eigenvalue weighted by Crippen LogP contribution is -2.34. The van der Waals surface area contributed by atoms with Crippen LogP contribution in [0.1, 0.15) is 33.1 Å². The Bertz CT molecular complexity index is 276. The van der Waals surface area contributed by atoms with Gasteiger partial charge in [0, 0.05) is 11.5 Å². The van der Waals surface area contributed by atoms with Crippen molar-refractivity contribution in [1.29, 1.82) is 0 Å². The molecule has 86 valence electrons. The summed E-state index contributed by atoms with van der Waals surface area (Å²) in [5.74, 6) is -0.849. The van der Waals surface area contributed by atoms with Gasteiger partial charge in [0.2, 0.25) is 11.8 Å². The first kappa shape index (κ1) is 12.0. The van der Waals surface area contributed by atoms with E-state index >= 15 is 0 Å². The number of primary amides is 1. The number of nitrogens with one attached hydrogen (secondary N) is 1. The van der Waals surface area contributed by atoms with Crippen molar-refractivity contribution < 1.29 is 14.7 Å². The summed E-state index contributed by atoms with van der Waals surface area (Å²) in [5, 5.41) is 12.1. The van der Waals surface area contributed by atoms with E-state index in [0.29, 0.717) is 6.42 Å². The lowest BCUT2D eigenvalue weighted by atomic mass is 9.92. The lowest BCUT2D eigenvalue weighted by Gasteiger charge is -2.16. The second kappa shape index (κ2) is 4.18. The SMILES string of the molecule is CC1(C)C[C@@H](CCC(O)C(N)=O)C(=O)N1. The molecule has 5 nitrogen and oxygen atoms in total. The third kappa shape index (κ3) is 3.20. The fourth-order valence-electron chi connectivity index (χ4n) is 1.93. The quantitative estimate of drug-likeness (QED) is 0.590. The van der Waals surface area contributed by atoms with Crippen molar-refractivity contribution in [3.05, 3.63) is 0 Å². The van der Waals surface area contributed by atoms with Crippen molar-refractivity contribution in [3.63, 3.8) is 0 Å². The normalized spacial score (nSPS) is 26.1. The van der Waals surface area contributed by atoms with Gasteiger partial charge in [0.05, 0.1) is 0 Å². The van der Waals surface area contributed by atoms with Crippen LogP contribution >= 0.6 is 0 Å². The minimum Gasteiger partial charge on any atom is -0.383 e. The Hall–Kier alpha value is -1.10. The van der Waals surface area contributed by atoms with Crippen molar-refractivity contribution >= 4 is 11.8 Å². The van der Waals surface area contributed by atoms with E-state index in [1.807, 2.05) is 13.8 Å². The fraction of sp³-hybridized carbons (Fsp3) is 0.800. The van der Waals surface area contributed by atoms with E-state index in [1.54, 1.807) is 0 Å². The number of aliphatic hydroxyl groups is 1. The molecule has 5 heteroatoms. The summed E-state index contributed by atoms with van der Waals surface area (Å²) < 4.78 is 0. The van der Waals surface area contributed by atoms with E-state index in [2.05, 4.69) is 5.32 Å². The molecule has 1 fully saturated rings. The molecule has 0 bridgehead atoms. The zero-order valence-electron chi connectivity index (χ0n) is 9.12. The van der Waals surface area contributed by atoms with Crippen LogP contribution < -0.4 is 11.1 Å². The summed E-state index contributed by atoms with van der Waals surface area (Å²) in [6.07, 6.45) is 0.349. The summed E-state index contributed by atoms with van der Waals surface area (Å²) in [7, 11) is 0. The number of nitrogens with two attached hydrogens (primary N) is 1. The van der Waals surface area contributed by atoms with Crippen molar-refractivity contribution in [2.45, 2.75) is 44.8 Å². The highest BCUT2D eigenvalue weighted by molar-refractivity contribution is 5.82. The summed E-state index contributed by atoms with van der Waals surface area (Å²) in [5.41, 5.74) is 4.74. The van der Waals surface area contributed by atoms with Crippen molar-refractivity contribution in [3.8, 4) is 0 Å². The van der Waals surface area contributed by atoms with Gasteiger partial charge in [-0.2, -0.15) is 0 Å². The molecule has 0 aliphatic carbocycles. The van der Waals surface area contributed by atoms with Gasteiger partial charge in [-0.05, 0) is 33.1 Å². The molecule has 0 saturated carbocycles. The monoisotopic (exact) mass is 214 g/mol. The Balaban J connectivity index is 2.41. The van der Waals surface area contributed by atoms with E-state index in [-0.39, 0.29) is 23.8 Å². The van der Waals surface area contributed by atoms with Crippen molar-refractivity contribution in [2.75, 3.05) is 0 Å². The number of hydrogen-bond acceptors (Lipinski definition) is 3. The molecular weight excluding hydrogens is 196 g/mol. The van der Waals surface area contributed by atoms with Gasteiger partial charge in [-0.25, -0.2) is 0 Å². The predicted molar refractivity (Wildman–Crippen MR) is 54.8 cm³/mol. The van der Waals surface area contributed by atoms with Crippen LogP contribution in [0.2, 0.25) is 0 Å². The molecule has 0 aromatic heterocycles. The lowest BCUT2D eigenvalue weighted by molar-refractivity contribution is -0.127. The number of carbonyl (C=O) groups is 2. The smallest absolute Gasteiger partial charge is 0.246 e. The second-order valence-electron chi connectivity index (χ2n) is 4.77. The average Bonchev–Trinajstić information content (AvgIpc) is 2.35. The minimum atomic E-state index is -1.14. The van der Waals surface area contributed by atoms with Gasteiger partial charge in [-0.3, -0.25) is 9.59 Å². The Morgan fingerprint density at radius 1 is 1.73 bits per heavy atom. The minimum absolute atomic E-state index is 0.00308. The van der Waals surface area contributed by atoms with Crippen molar-refractivity contribution in [1.82, 2.24) is 5.32 Å². The molecule has 0 radical (unpaired) electrons. The van der Waals surface area contributed by atoms with Gasteiger partial charge < -0.3 is 16.2 Å². The zero-order chi connectivity index (χ0) is 11.6. The van der Waals surface area contributed by atoms with Crippen LogP contribution in [0, 0.1) is 5.92 Å². The molecule has 2 amide bonds. The van der Waals surface area contributed by atoms with Gasteiger partial charge in [0.15, 0.2) is 0 Å². The highest BCUT2D eigenvalue weighted by Crippen LogP contribution is 2.27. The number of hydrogen-bond donors (Lipinski definition) is 3. The molecule has 0 aromatic rings. The molecule has 0 spiro atoms. The van der Waals surface area contributed by atoms with Crippen LogP contribution in [0.15, 0.2) is 0 Å². The topological polar surface area (TPSA) is 92.4 Å². The summed E-state index contributed by atoms with van der Waals surface area (Å²) in [4.78, 5) is 22.0. The largest absolute Gasteiger partial charge is 0.383 e. The second-order valence-corrected chi connectivity index (χ2v) is 4.77. The molecule has 15 heavy (non-hydrogen) atoms. The van der Waals surface area contributed by atoms with E-state index in [0.717, 1.165) is 6.42 Å². The first-order chi connectivity index (χ1) is 6.82. The van der Waals surface area contributed by atoms with Crippen LogP contribution in [0.5, 0.6) is 0 Å². The highest BCUT2D eigenvalue weighted by Gasteiger charge is 2.37. The zero-order valence-corrected chi connectivity index (χ0v) is 9.12. The van der Waals surface area contributed by atoms with E-state index < -0.39 is 12.0 Å². The Kier molecular flexibility index (Phi) is 3.34. The maximum atomic E-state index is 11.5. The summed E-state index contributed by atoms with van der Waals surface area (Å²) >= 11 is 0.